The maximum atomic E-state index is 11.3. The number of hydrogen-bond acceptors (Lipinski definition) is 6. The Morgan fingerprint density at radius 3 is 2.84 bits per heavy atom. The fourth-order valence-electron chi connectivity index (χ4n) is 1.51. The van der Waals surface area contributed by atoms with Crippen LogP contribution in [0.4, 0.5) is 0 Å². The van der Waals surface area contributed by atoms with Crippen LogP contribution >= 0.6 is 0 Å². The van der Waals surface area contributed by atoms with Gasteiger partial charge in [-0.05, 0) is 24.1 Å². The molecule has 1 aromatic heterocycles. The van der Waals surface area contributed by atoms with Gasteiger partial charge in [0.1, 0.15) is 6.10 Å². The normalized spacial score (nSPS) is 13.3. The van der Waals surface area contributed by atoms with E-state index in [4.69, 9.17) is 5.53 Å². The number of methoxy groups -OCH3 is 1. The van der Waals surface area contributed by atoms with E-state index in [-0.39, 0.29) is 12.2 Å². The van der Waals surface area contributed by atoms with Gasteiger partial charge in [0.05, 0.1) is 19.8 Å². The van der Waals surface area contributed by atoms with Gasteiger partial charge in [0, 0.05) is 16.7 Å². The third-order valence-corrected chi connectivity index (χ3v) is 2.52. The maximum Gasteiger partial charge on any atom is 0.356 e. The summed E-state index contributed by atoms with van der Waals surface area (Å²) in [5.74, 6) is -0.576. The first kappa shape index (κ1) is 14.9. The average Bonchev–Trinajstić information content (AvgIpc) is 2.42. The SMILES string of the molecule is COC(=O)c1ncc(C(O)C(O)CN=[N+]=[N-])cc1C. The molecule has 8 nitrogen and oxygen atoms in total. The highest BCUT2D eigenvalue weighted by Crippen LogP contribution is 2.19. The van der Waals surface area contributed by atoms with E-state index >= 15 is 0 Å². The molecule has 0 fully saturated rings. The van der Waals surface area contributed by atoms with Crippen LogP contribution in [0.3, 0.4) is 0 Å². The summed E-state index contributed by atoms with van der Waals surface area (Å²) in [5.41, 5.74) is 9.12. The number of aryl methyl sites for hydroxylation is 1. The summed E-state index contributed by atoms with van der Waals surface area (Å²) in [6.07, 6.45) is -1.21. The molecule has 0 aliphatic rings. The number of ether oxygens (including phenoxy) is 1. The van der Waals surface area contributed by atoms with Crippen LogP contribution in [0, 0.1) is 6.92 Å². The second kappa shape index (κ2) is 6.69. The zero-order valence-corrected chi connectivity index (χ0v) is 10.5. The number of azide groups is 1. The monoisotopic (exact) mass is 266 g/mol. The standard InChI is InChI=1S/C11H14N4O4/c1-6-3-7(4-13-9(6)11(18)19-2)10(17)8(16)5-14-15-12/h3-4,8,10,16-17H,5H2,1-2H3. The Balaban J connectivity index is 2.94. The van der Waals surface area contributed by atoms with Crippen molar-refractivity contribution in [2.24, 2.45) is 5.11 Å². The van der Waals surface area contributed by atoms with Crippen LogP contribution in [0.2, 0.25) is 0 Å². The van der Waals surface area contributed by atoms with Gasteiger partial charge in [0.2, 0.25) is 0 Å². The summed E-state index contributed by atoms with van der Waals surface area (Å²) in [4.78, 5) is 17.7. The lowest BCUT2D eigenvalue weighted by molar-refractivity contribution is 0.0241. The Bertz CT molecular complexity index is 513. The van der Waals surface area contributed by atoms with Gasteiger partial charge >= 0.3 is 5.97 Å². The Morgan fingerprint density at radius 1 is 1.63 bits per heavy atom. The number of hydrogen-bond donors (Lipinski definition) is 2. The number of pyridine rings is 1. The molecule has 8 heteroatoms. The molecule has 0 aliphatic heterocycles. The quantitative estimate of drug-likeness (QED) is 0.354. The van der Waals surface area contributed by atoms with Crippen molar-refractivity contribution in [3.63, 3.8) is 0 Å². The third-order valence-electron chi connectivity index (χ3n) is 2.52. The lowest BCUT2D eigenvalue weighted by Gasteiger charge is -2.16. The largest absolute Gasteiger partial charge is 0.464 e. The number of carbonyl (C=O) groups excluding carboxylic acids is 1. The molecule has 19 heavy (non-hydrogen) atoms. The van der Waals surface area contributed by atoms with E-state index in [2.05, 4.69) is 19.7 Å². The minimum absolute atomic E-state index is 0.142. The van der Waals surface area contributed by atoms with Gasteiger partial charge in [0.15, 0.2) is 5.69 Å². The molecule has 0 bridgehead atoms. The Labute approximate surface area is 109 Å². The van der Waals surface area contributed by atoms with Crippen LogP contribution in [-0.2, 0) is 4.74 Å². The molecular formula is C11H14N4O4. The van der Waals surface area contributed by atoms with Gasteiger partial charge in [-0.25, -0.2) is 9.78 Å². The second-order valence-electron chi connectivity index (χ2n) is 3.85. The number of nitrogens with zero attached hydrogens (tertiary/aromatic N) is 4. The Kier molecular flexibility index (Phi) is 5.25. The van der Waals surface area contributed by atoms with Crippen LogP contribution in [0.15, 0.2) is 17.4 Å². The molecule has 1 aromatic rings. The van der Waals surface area contributed by atoms with Crippen molar-refractivity contribution in [1.29, 1.82) is 0 Å². The van der Waals surface area contributed by atoms with E-state index in [9.17, 15) is 15.0 Å². The molecule has 0 aromatic carbocycles. The van der Waals surface area contributed by atoms with Gasteiger partial charge in [-0.2, -0.15) is 0 Å². The van der Waals surface area contributed by atoms with Gasteiger partial charge in [-0.3, -0.25) is 0 Å². The molecule has 2 unspecified atom stereocenters. The fraction of sp³-hybridized carbons (Fsp3) is 0.455. The summed E-state index contributed by atoms with van der Waals surface area (Å²) in [6.45, 7) is 1.38. The van der Waals surface area contributed by atoms with Crippen molar-refractivity contribution in [3.8, 4) is 0 Å². The minimum atomic E-state index is -1.25. The first-order valence-corrected chi connectivity index (χ1v) is 5.43. The van der Waals surface area contributed by atoms with E-state index in [1.54, 1.807) is 6.92 Å². The topological polar surface area (TPSA) is 128 Å². The van der Waals surface area contributed by atoms with Crippen LogP contribution in [0.5, 0.6) is 0 Å². The van der Waals surface area contributed by atoms with Crippen molar-refractivity contribution in [3.05, 3.63) is 39.5 Å². The number of aromatic nitrogens is 1. The second-order valence-corrected chi connectivity index (χ2v) is 3.85. The molecule has 2 N–H and O–H groups in total. The molecule has 0 saturated heterocycles. The summed E-state index contributed by atoms with van der Waals surface area (Å²) in [7, 11) is 1.25. The van der Waals surface area contributed by atoms with Crippen molar-refractivity contribution in [1.82, 2.24) is 4.98 Å². The molecule has 0 aliphatic carbocycles. The maximum absolute atomic E-state index is 11.3. The van der Waals surface area contributed by atoms with Gasteiger partial charge in [0.25, 0.3) is 0 Å². The average molecular weight is 266 g/mol. The van der Waals surface area contributed by atoms with E-state index in [1.807, 2.05) is 0 Å². The van der Waals surface area contributed by atoms with Gasteiger partial charge < -0.3 is 14.9 Å². The van der Waals surface area contributed by atoms with Crippen molar-refractivity contribution in [2.45, 2.75) is 19.1 Å². The molecule has 0 radical (unpaired) electrons. The summed E-state index contributed by atoms with van der Waals surface area (Å²) in [5, 5.41) is 22.6. The summed E-state index contributed by atoms with van der Waals surface area (Å²) < 4.78 is 4.55. The van der Waals surface area contributed by atoms with Crippen molar-refractivity contribution >= 4 is 5.97 Å². The molecule has 2 atom stereocenters. The van der Waals surface area contributed by atoms with Crippen LogP contribution in [-0.4, -0.2) is 40.9 Å². The molecule has 102 valence electrons. The Morgan fingerprint density at radius 2 is 2.32 bits per heavy atom. The minimum Gasteiger partial charge on any atom is -0.464 e. The lowest BCUT2D eigenvalue weighted by Crippen LogP contribution is -2.21. The zero-order chi connectivity index (χ0) is 14.4. The van der Waals surface area contributed by atoms with E-state index in [1.165, 1.54) is 19.4 Å². The van der Waals surface area contributed by atoms with Crippen LogP contribution in [0.1, 0.15) is 27.7 Å². The summed E-state index contributed by atoms with van der Waals surface area (Å²) in [6, 6.07) is 1.52. The van der Waals surface area contributed by atoms with Gasteiger partial charge in [-0.15, -0.1) is 0 Å². The lowest BCUT2D eigenvalue weighted by atomic mass is 10.0. The highest BCUT2D eigenvalue weighted by molar-refractivity contribution is 5.88. The number of rotatable bonds is 5. The Hall–Kier alpha value is -2.15. The van der Waals surface area contributed by atoms with Crippen molar-refractivity contribution in [2.75, 3.05) is 13.7 Å². The number of carbonyl (C=O) groups is 1. The van der Waals surface area contributed by atoms with Gasteiger partial charge in [-0.1, -0.05) is 5.11 Å². The van der Waals surface area contributed by atoms with E-state index in [0.29, 0.717) is 11.1 Å². The summed E-state index contributed by atoms with van der Waals surface area (Å²) >= 11 is 0. The highest BCUT2D eigenvalue weighted by atomic mass is 16.5. The smallest absolute Gasteiger partial charge is 0.356 e. The number of aliphatic hydroxyl groups excluding tert-OH is 2. The predicted molar refractivity (Wildman–Crippen MR) is 65.3 cm³/mol. The highest BCUT2D eigenvalue weighted by Gasteiger charge is 2.20. The first-order valence-electron chi connectivity index (χ1n) is 5.43. The number of esters is 1. The molecule has 1 heterocycles. The zero-order valence-electron chi connectivity index (χ0n) is 10.5. The molecular weight excluding hydrogens is 252 g/mol. The molecule has 1 rings (SSSR count). The predicted octanol–water partition coefficient (Wildman–Crippen LogP) is 0.881. The molecule has 0 amide bonds. The van der Waals surface area contributed by atoms with Crippen molar-refractivity contribution < 1.29 is 19.7 Å². The molecule has 0 saturated carbocycles. The van der Waals surface area contributed by atoms with Crippen LogP contribution < -0.4 is 0 Å². The molecule has 0 spiro atoms. The van der Waals surface area contributed by atoms with E-state index < -0.39 is 18.2 Å². The van der Waals surface area contributed by atoms with Crippen LogP contribution in [0.25, 0.3) is 10.4 Å². The first-order chi connectivity index (χ1) is 9.01. The third kappa shape index (κ3) is 3.65. The number of aliphatic hydroxyl groups is 2. The fourth-order valence-corrected chi connectivity index (χ4v) is 1.51. The van der Waals surface area contributed by atoms with E-state index in [0.717, 1.165) is 0 Å².